The number of thiophene rings is 1. The molecule has 0 saturated carbocycles. The Morgan fingerprint density at radius 1 is 1.14 bits per heavy atom. The molecule has 0 saturated heterocycles. The van der Waals surface area contributed by atoms with Crippen molar-refractivity contribution in [2.75, 3.05) is 26.8 Å². The second-order valence-corrected chi connectivity index (χ2v) is 9.65. The van der Waals surface area contributed by atoms with Gasteiger partial charge in [-0.25, -0.2) is 4.39 Å². The summed E-state index contributed by atoms with van der Waals surface area (Å²) in [5.74, 6) is -0.0159. The summed E-state index contributed by atoms with van der Waals surface area (Å²) in [6.07, 6.45) is 0.739. The molecule has 1 unspecified atom stereocenters. The molecule has 0 fully saturated rings. The van der Waals surface area contributed by atoms with Crippen molar-refractivity contribution in [3.63, 3.8) is 0 Å². The van der Waals surface area contributed by atoms with E-state index in [1.54, 1.807) is 70.7 Å². The first-order valence-corrected chi connectivity index (χ1v) is 12.4. The number of benzene rings is 2. The first kappa shape index (κ1) is 24.7. The fourth-order valence-corrected chi connectivity index (χ4v) is 5.16. The molecule has 1 aliphatic rings. The van der Waals surface area contributed by atoms with Crippen LogP contribution in [0.5, 0.6) is 11.5 Å². The largest absolute Gasteiger partial charge is 0.497 e. The average Bonchev–Trinajstić information content (AvgIpc) is 3.35. The number of nitrogens with zero attached hydrogens (tertiary/aromatic N) is 2. The first-order valence-electron chi connectivity index (χ1n) is 11.6. The Balaban J connectivity index is 1.53. The SMILES string of the molecule is COc1ccc(C(=O)N(CC(=O)N2CCc3sccc3C2COc2ccccc2F)C(C)C)cc1. The summed E-state index contributed by atoms with van der Waals surface area (Å²) in [4.78, 5) is 31.3. The quantitative estimate of drug-likeness (QED) is 0.443. The normalized spacial score (nSPS) is 15.0. The number of hydrogen-bond acceptors (Lipinski definition) is 5. The number of fused-ring (bicyclic) bond motifs is 1. The van der Waals surface area contributed by atoms with Crippen LogP contribution in [0.1, 0.15) is 40.7 Å². The van der Waals surface area contributed by atoms with E-state index in [9.17, 15) is 14.0 Å². The predicted octanol–water partition coefficient (Wildman–Crippen LogP) is 4.95. The molecule has 2 heterocycles. The smallest absolute Gasteiger partial charge is 0.254 e. The lowest BCUT2D eigenvalue weighted by molar-refractivity contribution is -0.136. The van der Waals surface area contributed by atoms with Crippen LogP contribution in [0.2, 0.25) is 0 Å². The number of carbonyl (C=O) groups is 2. The molecule has 0 bridgehead atoms. The number of rotatable bonds is 8. The highest BCUT2D eigenvalue weighted by Gasteiger charge is 2.34. The molecule has 1 aliphatic heterocycles. The van der Waals surface area contributed by atoms with E-state index in [1.165, 1.54) is 10.9 Å². The molecule has 184 valence electrons. The summed E-state index contributed by atoms with van der Waals surface area (Å²) < 4.78 is 25.1. The Hall–Kier alpha value is -3.39. The molecule has 6 nitrogen and oxygen atoms in total. The van der Waals surface area contributed by atoms with E-state index in [2.05, 4.69) is 0 Å². The lowest BCUT2D eigenvalue weighted by atomic mass is 10.00. The molecular weight excluding hydrogens is 467 g/mol. The molecule has 0 N–H and O–H groups in total. The Morgan fingerprint density at radius 2 is 1.89 bits per heavy atom. The van der Waals surface area contributed by atoms with E-state index >= 15 is 0 Å². The maximum absolute atomic E-state index is 14.1. The minimum atomic E-state index is -0.442. The Morgan fingerprint density at radius 3 is 2.57 bits per heavy atom. The molecule has 2 amide bonds. The Bertz CT molecular complexity index is 1180. The van der Waals surface area contributed by atoms with Gasteiger partial charge in [-0.2, -0.15) is 0 Å². The van der Waals surface area contributed by atoms with E-state index in [-0.39, 0.29) is 42.8 Å². The van der Waals surface area contributed by atoms with Crippen LogP contribution < -0.4 is 9.47 Å². The topological polar surface area (TPSA) is 59.1 Å². The maximum Gasteiger partial charge on any atom is 0.254 e. The number of halogens is 1. The van der Waals surface area contributed by atoms with Gasteiger partial charge < -0.3 is 19.3 Å². The predicted molar refractivity (Wildman–Crippen MR) is 134 cm³/mol. The highest BCUT2D eigenvalue weighted by molar-refractivity contribution is 7.10. The van der Waals surface area contributed by atoms with Gasteiger partial charge in [0.05, 0.1) is 13.2 Å². The third kappa shape index (κ3) is 5.48. The average molecular weight is 497 g/mol. The third-order valence-corrected chi connectivity index (χ3v) is 7.17. The lowest BCUT2D eigenvalue weighted by Gasteiger charge is -2.37. The van der Waals surface area contributed by atoms with Crippen molar-refractivity contribution in [1.29, 1.82) is 0 Å². The van der Waals surface area contributed by atoms with E-state index in [4.69, 9.17) is 9.47 Å². The Labute approximate surface area is 208 Å². The monoisotopic (exact) mass is 496 g/mol. The molecule has 35 heavy (non-hydrogen) atoms. The van der Waals surface area contributed by atoms with Crippen LogP contribution in [-0.2, 0) is 11.2 Å². The van der Waals surface area contributed by atoms with E-state index in [0.717, 1.165) is 12.0 Å². The van der Waals surface area contributed by atoms with Crippen molar-refractivity contribution < 1.29 is 23.5 Å². The molecule has 4 rings (SSSR count). The molecule has 0 radical (unpaired) electrons. The van der Waals surface area contributed by atoms with Gasteiger partial charge >= 0.3 is 0 Å². The third-order valence-electron chi connectivity index (χ3n) is 6.18. The van der Waals surface area contributed by atoms with Crippen LogP contribution in [0, 0.1) is 5.82 Å². The number of para-hydroxylation sites is 1. The van der Waals surface area contributed by atoms with Gasteiger partial charge in [-0.1, -0.05) is 12.1 Å². The minimum absolute atomic E-state index is 0.0573. The molecule has 3 aromatic rings. The van der Waals surface area contributed by atoms with Gasteiger partial charge in [0.2, 0.25) is 5.91 Å². The van der Waals surface area contributed by atoms with Crippen molar-refractivity contribution in [2.24, 2.45) is 0 Å². The summed E-state index contributed by atoms with van der Waals surface area (Å²) in [5, 5.41) is 2.00. The molecule has 1 atom stereocenters. The molecule has 0 aliphatic carbocycles. The van der Waals surface area contributed by atoms with Crippen LogP contribution in [0.4, 0.5) is 4.39 Å². The molecular formula is C27H29FN2O4S. The van der Waals surface area contributed by atoms with Crippen LogP contribution in [0.3, 0.4) is 0 Å². The van der Waals surface area contributed by atoms with E-state index < -0.39 is 5.82 Å². The summed E-state index contributed by atoms with van der Waals surface area (Å²) in [6.45, 7) is 4.37. The molecule has 2 aromatic carbocycles. The van der Waals surface area contributed by atoms with Crippen molar-refractivity contribution in [2.45, 2.75) is 32.4 Å². The van der Waals surface area contributed by atoms with Crippen LogP contribution in [0.15, 0.2) is 60.0 Å². The molecule has 8 heteroatoms. The standard InChI is InChI=1S/C27H29FN2O4S/c1-18(2)30(27(32)19-8-10-20(33-3)11-9-19)16-26(31)29-14-12-25-21(13-15-35-25)23(29)17-34-24-7-5-4-6-22(24)28/h4-11,13,15,18,23H,12,14,16-17H2,1-3H3. The van der Waals surface area contributed by atoms with E-state index in [0.29, 0.717) is 17.9 Å². The second-order valence-electron chi connectivity index (χ2n) is 8.65. The zero-order chi connectivity index (χ0) is 24.9. The van der Waals surface area contributed by atoms with Crippen LogP contribution in [0.25, 0.3) is 0 Å². The number of ether oxygens (including phenoxy) is 2. The number of methoxy groups -OCH3 is 1. The first-order chi connectivity index (χ1) is 16.9. The second kappa shape index (κ2) is 10.9. The summed E-state index contributed by atoms with van der Waals surface area (Å²) in [6, 6.07) is 14.6. The van der Waals surface area contributed by atoms with Crippen molar-refractivity contribution in [3.8, 4) is 11.5 Å². The van der Waals surface area contributed by atoms with Gasteiger partial charge in [-0.3, -0.25) is 9.59 Å². The van der Waals surface area contributed by atoms with Crippen molar-refractivity contribution in [1.82, 2.24) is 9.80 Å². The zero-order valence-electron chi connectivity index (χ0n) is 20.1. The Kier molecular flexibility index (Phi) is 7.70. The summed E-state index contributed by atoms with van der Waals surface area (Å²) >= 11 is 1.65. The van der Waals surface area contributed by atoms with Gasteiger partial charge in [0, 0.05) is 23.0 Å². The van der Waals surface area contributed by atoms with Gasteiger partial charge in [0.1, 0.15) is 18.9 Å². The molecule has 1 aromatic heterocycles. The lowest BCUT2D eigenvalue weighted by Crippen LogP contribution is -2.49. The number of amides is 2. The zero-order valence-corrected chi connectivity index (χ0v) is 20.9. The molecule has 0 spiro atoms. The fraction of sp³-hybridized carbons (Fsp3) is 0.333. The summed E-state index contributed by atoms with van der Waals surface area (Å²) in [5.41, 5.74) is 1.51. The van der Waals surface area contributed by atoms with Gasteiger partial charge in [-0.15, -0.1) is 11.3 Å². The van der Waals surface area contributed by atoms with Crippen LogP contribution >= 0.6 is 11.3 Å². The highest BCUT2D eigenvalue weighted by Crippen LogP contribution is 2.34. The van der Waals surface area contributed by atoms with Crippen molar-refractivity contribution >= 4 is 23.2 Å². The van der Waals surface area contributed by atoms with Gasteiger partial charge in [-0.05, 0) is 73.7 Å². The maximum atomic E-state index is 14.1. The van der Waals surface area contributed by atoms with Gasteiger partial charge in [0.25, 0.3) is 5.91 Å². The minimum Gasteiger partial charge on any atom is -0.497 e. The fourth-order valence-electron chi connectivity index (χ4n) is 4.23. The number of carbonyl (C=O) groups excluding carboxylic acids is 2. The van der Waals surface area contributed by atoms with Crippen LogP contribution in [-0.4, -0.2) is 54.5 Å². The summed E-state index contributed by atoms with van der Waals surface area (Å²) in [7, 11) is 1.57. The highest BCUT2D eigenvalue weighted by atomic mass is 32.1. The van der Waals surface area contributed by atoms with Gasteiger partial charge in [0.15, 0.2) is 11.6 Å². The van der Waals surface area contributed by atoms with Crippen molar-refractivity contribution in [3.05, 3.63) is 81.8 Å². The van der Waals surface area contributed by atoms with E-state index in [1.807, 2.05) is 25.3 Å². The number of hydrogen-bond donors (Lipinski definition) is 0.